The van der Waals surface area contributed by atoms with Gasteiger partial charge in [-0.05, 0) is 12.0 Å². The van der Waals surface area contributed by atoms with Gasteiger partial charge in [0.15, 0.2) is 0 Å². The molecular formula is C11H14N2O2. The molecular weight excluding hydrogens is 192 g/mol. The Balaban J connectivity index is 2.44. The van der Waals surface area contributed by atoms with E-state index in [-0.39, 0.29) is 0 Å². The van der Waals surface area contributed by atoms with Crippen LogP contribution in [0.25, 0.3) is 0 Å². The SMILES string of the molecule is CN(CCc1ccccc1)C(=O)C(N)=O. The Morgan fingerprint density at radius 2 is 1.87 bits per heavy atom. The second-order valence-corrected chi connectivity index (χ2v) is 3.33. The molecule has 4 nitrogen and oxygen atoms in total. The zero-order valence-electron chi connectivity index (χ0n) is 8.64. The molecule has 80 valence electrons. The third kappa shape index (κ3) is 3.42. The van der Waals surface area contributed by atoms with E-state index in [0.29, 0.717) is 6.54 Å². The van der Waals surface area contributed by atoms with Crippen LogP contribution in [-0.2, 0) is 16.0 Å². The highest BCUT2D eigenvalue weighted by molar-refractivity contribution is 6.34. The highest BCUT2D eigenvalue weighted by Gasteiger charge is 2.13. The van der Waals surface area contributed by atoms with Gasteiger partial charge in [0.05, 0.1) is 0 Å². The van der Waals surface area contributed by atoms with Crippen molar-refractivity contribution in [1.29, 1.82) is 0 Å². The third-order valence-electron chi connectivity index (χ3n) is 2.14. The Morgan fingerprint density at radius 3 is 2.40 bits per heavy atom. The number of carbonyl (C=O) groups is 2. The van der Waals surface area contributed by atoms with Gasteiger partial charge in [-0.25, -0.2) is 0 Å². The molecule has 0 aromatic heterocycles. The summed E-state index contributed by atoms with van der Waals surface area (Å²) in [5.41, 5.74) is 6.00. The number of rotatable bonds is 3. The quantitative estimate of drug-likeness (QED) is 0.717. The summed E-state index contributed by atoms with van der Waals surface area (Å²) in [7, 11) is 1.57. The van der Waals surface area contributed by atoms with Crippen molar-refractivity contribution in [3.05, 3.63) is 35.9 Å². The Morgan fingerprint density at radius 1 is 1.27 bits per heavy atom. The van der Waals surface area contributed by atoms with Crippen molar-refractivity contribution in [2.24, 2.45) is 5.73 Å². The normalized spacial score (nSPS) is 9.67. The molecule has 1 rings (SSSR count). The van der Waals surface area contributed by atoms with Crippen LogP contribution in [0.4, 0.5) is 0 Å². The van der Waals surface area contributed by atoms with E-state index in [1.807, 2.05) is 30.3 Å². The van der Waals surface area contributed by atoms with Crippen LogP contribution in [0.5, 0.6) is 0 Å². The van der Waals surface area contributed by atoms with Crippen LogP contribution in [-0.4, -0.2) is 30.3 Å². The lowest BCUT2D eigenvalue weighted by Gasteiger charge is -2.14. The molecule has 2 N–H and O–H groups in total. The highest BCUT2D eigenvalue weighted by atomic mass is 16.2. The van der Waals surface area contributed by atoms with Crippen molar-refractivity contribution in [1.82, 2.24) is 4.90 Å². The molecule has 0 unspecified atom stereocenters. The smallest absolute Gasteiger partial charge is 0.311 e. The van der Waals surface area contributed by atoms with Crippen LogP contribution in [0.2, 0.25) is 0 Å². The Bertz CT molecular complexity index is 349. The van der Waals surface area contributed by atoms with Crippen LogP contribution in [0.1, 0.15) is 5.56 Å². The zero-order chi connectivity index (χ0) is 11.3. The number of carbonyl (C=O) groups excluding carboxylic acids is 2. The molecule has 2 amide bonds. The van der Waals surface area contributed by atoms with Gasteiger partial charge in [0, 0.05) is 13.6 Å². The second-order valence-electron chi connectivity index (χ2n) is 3.33. The summed E-state index contributed by atoms with van der Waals surface area (Å²) in [6.07, 6.45) is 0.719. The molecule has 0 saturated heterocycles. The van der Waals surface area contributed by atoms with Crippen molar-refractivity contribution in [3.63, 3.8) is 0 Å². The lowest BCUT2D eigenvalue weighted by molar-refractivity contribution is -0.143. The topological polar surface area (TPSA) is 63.4 Å². The lowest BCUT2D eigenvalue weighted by atomic mass is 10.1. The number of amides is 2. The van der Waals surface area contributed by atoms with E-state index >= 15 is 0 Å². The predicted molar refractivity (Wildman–Crippen MR) is 57.0 cm³/mol. The first kappa shape index (κ1) is 11.2. The Hall–Kier alpha value is -1.84. The van der Waals surface area contributed by atoms with Crippen LogP contribution >= 0.6 is 0 Å². The minimum Gasteiger partial charge on any atom is -0.361 e. The zero-order valence-corrected chi connectivity index (χ0v) is 8.64. The molecule has 0 heterocycles. The summed E-state index contributed by atoms with van der Waals surface area (Å²) in [6, 6.07) is 9.75. The van der Waals surface area contributed by atoms with Crippen molar-refractivity contribution in [3.8, 4) is 0 Å². The average Bonchev–Trinajstić information content (AvgIpc) is 2.26. The van der Waals surface area contributed by atoms with Gasteiger partial charge in [-0.2, -0.15) is 0 Å². The molecule has 0 fully saturated rings. The summed E-state index contributed by atoms with van der Waals surface area (Å²) in [5.74, 6) is -1.56. The molecule has 0 spiro atoms. The van der Waals surface area contributed by atoms with Gasteiger partial charge in [0.1, 0.15) is 0 Å². The van der Waals surface area contributed by atoms with E-state index in [1.165, 1.54) is 4.90 Å². The van der Waals surface area contributed by atoms with Crippen molar-refractivity contribution < 1.29 is 9.59 Å². The van der Waals surface area contributed by atoms with Crippen LogP contribution in [0, 0.1) is 0 Å². The monoisotopic (exact) mass is 206 g/mol. The van der Waals surface area contributed by atoms with Gasteiger partial charge in [-0.1, -0.05) is 30.3 Å². The highest BCUT2D eigenvalue weighted by Crippen LogP contribution is 2.00. The molecule has 0 saturated carbocycles. The van der Waals surface area contributed by atoms with Crippen molar-refractivity contribution in [2.75, 3.05) is 13.6 Å². The van der Waals surface area contributed by atoms with Crippen molar-refractivity contribution in [2.45, 2.75) is 6.42 Å². The van der Waals surface area contributed by atoms with Crippen LogP contribution < -0.4 is 5.73 Å². The molecule has 0 atom stereocenters. The lowest BCUT2D eigenvalue weighted by Crippen LogP contribution is -2.38. The predicted octanol–water partition coefficient (Wildman–Crippen LogP) is 0.173. The first-order valence-corrected chi connectivity index (χ1v) is 4.70. The number of hydrogen-bond acceptors (Lipinski definition) is 2. The van der Waals surface area contributed by atoms with E-state index in [2.05, 4.69) is 0 Å². The minimum atomic E-state index is -0.912. The van der Waals surface area contributed by atoms with Gasteiger partial charge in [-0.15, -0.1) is 0 Å². The van der Waals surface area contributed by atoms with Gasteiger partial charge in [-0.3, -0.25) is 9.59 Å². The maximum Gasteiger partial charge on any atom is 0.311 e. The van der Waals surface area contributed by atoms with Gasteiger partial charge in [0.2, 0.25) is 0 Å². The number of nitrogens with zero attached hydrogens (tertiary/aromatic N) is 1. The number of primary amides is 1. The number of hydrogen-bond donors (Lipinski definition) is 1. The first-order valence-electron chi connectivity index (χ1n) is 4.70. The fraction of sp³-hybridized carbons (Fsp3) is 0.273. The van der Waals surface area contributed by atoms with E-state index in [1.54, 1.807) is 7.05 Å². The summed E-state index contributed by atoms with van der Waals surface area (Å²) in [6.45, 7) is 0.492. The third-order valence-corrected chi connectivity index (χ3v) is 2.14. The standard InChI is InChI=1S/C11H14N2O2/c1-13(11(15)10(12)14)8-7-9-5-3-2-4-6-9/h2-6H,7-8H2,1H3,(H2,12,14). The fourth-order valence-corrected chi connectivity index (χ4v) is 1.23. The summed E-state index contributed by atoms with van der Waals surface area (Å²) in [4.78, 5) is 23.0. The summed E-state index contributed by atoms with van der Waals surface area (Å²) in [5, 5.41) is 0. The first-order chi connectivity index (χ1) is 7.11. The Kier molecular flexibility index (Phi) is 3.85. The maximum atomic E-state index is 11.1. The number of benzene rings is 1. The fourth-order valence-electron chi connectivity index (χ4n) is 1.23. The average molecular weight is 206 g/mol. The number of nitrogens with two attached hydrogens (primary N) is 1. The van der Waals surface area contributed by atoms with Gasteiger partial charge >= 0.3 is 11.8 Å². The van der Waals surface area contributed by atoms with Gasteiger partial charge in [0.25, 0.3) is 0 Å². The molecule has 1 aromatic rings. The molecule has 0 radical (unpaired) electrons. The van der Waals surface area contributed by atoms with E-state index < -0.39 is 11.8 Å². The molecule has 4 heteroatoms. The molecule has 0 aliphatic rings. The summed E-state index contributed by atoms with van der Waals surface area (Å²) >= 11 is 0. The van der Waals surface area contributed by atoms with Crippen LogP contribution in [0.15, 0.2) is 30.3 Å². The van der Waals surface area contributed by atoms with Crippen LogP contribution in [0.3, 0.4) is 0 Å². The maximum absolute atomic E-state index is 11.1. The largest absolute Gasteiger partial charge is 0.361 e. The second kappa shape index (κ2) is 5.14. The molecule has 0 bridgehead atoms. The van der Waals surface area contributed by atoms with E-state index in [9.17, 15) is 9.59 Å². The minimum absolute atomic E-state index is 0.492. The van der Waals surface area contributed by atoms with E-state index in [4.69, 9.17) is 5.73 Å². The van der Waals surface area contributed by atoms with Gasteiger partial charge < -0.3 is 10.6 Å². The molecule has 0 aliphatic heterocycles. The molecule has 15 heavy (non-hydrogen) atoms. The summed E-state index contributed by atoms with van der Waals surface area (Å²) < 4.78 is 0. The van der Waals surface area contributed by atoms with E-state index in [0.717, 1.165) is 12.0 Å². The Labute approximate surface area is 88.7 Å². The number of likely N-dealkylation sites (N-methyl/N-ethyl adjacent to an activating group) is 1. The van der Waals surface area contributed by atoms with Crippen molar-refractivity contribution >= 4 is 11.8 Å². The molecule has 0 aliphatic carbocycles. The molecule has 1 aromatic carbocycles.